The number of benzene rings is 3. The number of anilines is 2. The van der Waals surface area contributed by atoms with Crippen LogP contribution < -0.4 is 16.1 Å². The van der Waals surface area contributed by atoms with Crippen LogP contribution >= 0.6 is 23.7 Å². The number of rotatable bonds is 9. The van der Waals surface area contributed by atoms with Crippen molar-refractivity contribution in [2.45, 2.75) is 65.1 Å². The summed E-state index contributed by atoms with van der Waals surface area (Å²) in [5.74, 6) is -0.0614. The van der Waals surface area contributed by atoms with Gasteiger partial charge in [-0.05, 0) is 58.9 Å². The minimum Gasteiger partial charge on any atom is -0.507 e. The number of thiazole rings is 1. The number of piperazine rings is 1. The molecule has 290 valence electrons. The van der Waals surface area contributed by atoms with Crippen LogP contribution in [0.2, 0.25) is 0 Å². The number of para-hydroxylation sites is 1. The van der Waals surface area contributed by atoms with Gasteiger partial charge in [0, 0.05) is 60.5 Å². The lowest BCUT2D eigenvalue weighted by Crippen LogP contribution is -2.48. The molecular weight excluding hydrogens is 739 g/mol. The Bertz CT molecular complexity index is 1950. The summed E-state index contributed by atoms with van der Waals surface area (Å²) in [7, 11) is 0. The second-order valence-electron chi connectivity index (χ2n) is 15.2. The number of hydrazone groups is 1. The Kier molecular flexibility index (Phi) is 13.5. The fourth-order valence-corrected chi connectivity index (χ4v) is 6.66. The van der Waals surface area contributed by atoms with Crippen LogP contribution in [0, 0.1) is 0 Å². The van der Waals surface area contributed by atoms with Crippen LogP contribution in [0.4, 0.5) is 29.3 Å². The number of nitrogens with zero attached hydrogens (tertiary/aromatic N) is 4. The van der Waals surface area contributed by atoms with E-state index in [1.165, 1.54) is 35.8 Å². The number of phenols is 1. The van der Waals surface area contributed by atoms with E-state index in [0.29, 0.717) is 30.9 Å². The summed E-state index contributed by atoms with van der Waals surface area (Å²) in [4.78, 5) is 34.3. The summed E-state index contributed by atoms with van der Waals surface area (Å²) in [5.41, 5.74) is 5.63. The number of aromatic hydroxyl groups is 1. The standard InChI is InChI=1S/C39H46F3N7O3S.ClH/c1-37(2,3)27-19-26(34(51)31(20-27)38(4,5)6)21-43-47-33(50)23-49-17-15-48(16-18-49)22-29-24-53-35(44-29)25-11-13-28(14-12-25)45-36(52)46-32-10-8-7-9-30(32)39(40,41)42;/h7-14,19-21,24,51H,15-18,22-23H2,1-6H3,(H,47,50)(H2,45,46,52);1H/b43-21+;. The van der Waals surface area contributed by atoms with Crippen LogP contribution in [0.3, 0.4) is 0 Å². The molecule has 0 bridgehead atoms. The molecule has 0 unspecified atom stereocenters. The highest BCUT2D eigenvalue weighted by molar-refractivity contribution is 7.13. The SMILES string of the molecule is CC(C)(C)c1cc(/C=N/NC(=O)CN2CCN(Cc3csc(-c4ccc(NC(=O)Nc5ccccc5C(F)(F)F)cc4)n3)CC2)c(O)c(C(C)(C)C)c1.Cl. The molecular formula is C39H47ClF3N7O3S. The zero-order valence-corrected chi connectivity index (χ0v) is 32.8. The van der Waals surface area contributed by atoms with E-state index in [1.54, 1.807) is 24.3 Å². The average molecular weight is 786 g/mol. The maximum Gasteiger partial charge on any atom is 0.418 e. The predicted molar refractivity (Wildman–Crippen MR) is 212 cm³/mol. The lowest BCUT2D eigenvalue weighted by atomic mass is 9.79. The molecule has 10 nitrogen and oxygen atoms in total. The molecule has 4 aromatic rings. The van der Waals surface area contributed by atoms with Gasteiger partial charge in [0.15, 0.2) is 0 Å². The number of alkyl halides is 3. The number of halogens is 4. The Balaban J connectivity index is 0.00000650. The Labute approximate surface area is 324 Å². The average Bonchev–Trinajstić information content (AvgIpc) is 3.54. The van der Waals surface area contributed by atoms with Crippen molar-refractivity contribution in [3.8, 4) is 16.3 Å². The number of hydrogen-bond acceptors (Lipinski definition) is 8. The Morgan fingerprint density at radius 3 is 2.17 bits per heavy atom. The third-order valence-corrected chi connectivity index (χ3v) is 9.79. The van der Waals surface area contributed by atoms with Gasteiger partial charge in [-0.2, -0.15) is 18.3 Å². The van der Waals surface area contributed by atoms with Gasteiger partial charge in [-0.3, -0.25) is 14.6 Å². The monoisotopic (exact) mass is 785 g/mol. The first kappa shape index (κ1) is 42.2. The number of carbonyl (C=O) groups excluding carboxylic acids is 2. The van der Waals surface area contributed by atoms with Crippen molar-refractivity contribution in [2.24, 2.45) is 5.10 Å². The van der Waals surface area contributed by atoms with Crippen LogP contribution in [0.15, 0.2) is 71.1 Å². The largest absolute Gasteiger partial charge is 0.507 e. The number of nitrogens with one attached hydrogen (secondary N) is 3. The van der Waals surface area contributed by atoms with Crippen LogP contribution in [-0.4, -0.2) is 70.8 Å². The van der Waals surface area contributed by atoms with Crippen LogP contribution in [0.1, 0.15) is 69.5 Å². The molecule has 0 radical (unpaired) electrons. The minimum atomic E-state index is -4.59. The first-order valence-electron chi connectivity index (χ1n) is 17.3. The normalized spacial score (nSPS) is 14.5. The van der Waals surface area contributed by atoms with E-state index >= 15 is 0 Å². The van der Waals surface area contributed by atoms with Gasteiger partial charge in [-0.1, -0.05) is 59.7 Å². The van der Waals surface area contributed by atoms with Gasteiger partial charge in [0.2, 0.25) is 0 Å². The summed E-state index contributed by atoms with van der Waals surface area (Å²) in [6.45, 7) is 16.3. The topological polar surface area (TPSA) is 122 Å². The van der Waals surface area contributed by atoms with Crippen molar-refractivity contribution in [3.63, 3.8) is 0 Å². The molecule has 15 heteroatoms. The van der Waals surface area contributed by atoms with E-state index in [1.807, 2.05) is 17.5 Å². The first-order chi connectivity index (χ1) is 24.9. The van der Waals surface area contributed by atoms with Crippen molar-refractivity contribution in [1.82, 2.24) is 20.2 Å². The third kappa shape index (κ3) is 11.3. The lowest BCUT2D eigenvalue weighted by Gasteiger charge is -2.33. The fraction of sp³-hybridized carbons (Fsp3) is 0.385. The van der Waals surface area contributed by atoms with Gasteiger partial charge < -0.3 is 15.7 Å². The van der Waals surface area contributed by atoms with Crippen LogP contribution in [0.5, 0.6) is 5.75 Å². The van der Waals surface area contributed by atoms with Crippen molar-refractivity contribution in [3.05, 3.63) is 94.0 Å². The zero-order chi connectivity index (χ0) is 38.6. The molecule has 0 saturated carbocycles. The van der Waals surface area contributed by atoms with Gasteiger partial charge in [0.1, 0.15) is 10.8 Å². The summed E-state index contributed by atoms with van der Waals surface area (Å²) >= 11 is 1.50. The van der Waals surface area contributed by atoms with Gasteiger partial charge in [0.05, 0.1) is 29.7 Å². The molecule has 5 rings (SSSR count). The van der Waals surface area contributed by atoms with E-state index in [2.05, 4.69) is 72.5 Å². The number of aromatic nitrogens is 1. The highest BCUT2D eigenvalue weighted by Crippen LogP contribution is 2.37. The molecule has 1 aliphatic rings. The molecule has 3 amide bonds. The maximum atomic E-state index is 13.3. The molecule has 0 spiro atoms. The molecule has 54 heavy (non-hydrogen) atoms. The molecule has 0 aliphatic carbocycles. The second kappa shape index (κ2) is 17.3. The number of carbonyl (C=O) groups is 2. The van der Waals surface area contributed by atoms with Crippen molar-refractivity contribution in [2.75, 3.05) is 43.4 Å². The smallest absolute Gasteiger partial charge is 0.418 e. The summed E-state index contributed by atoms with van der Waals surface area (Å²) in [6.07, 6.45) is -3.08. The van der Waals surface area contributed by atoms with E-state index in [9.17, 15) is 27.9 Å². The zero-order valence-electron chi connectivity index (χ0n) is 31.2. The lowest BCUT2D eigenvalue weighted by molar-refractivity contribution is -0.137. The van der Waals surface area contributed by atoms with Gasteiger partial charge in [0.25, 0.3) is 5.91 Å². The molecule has 0 atom stereocenters. The van der Waals surface area contributed by atoms with E-state index < -0.39 is 17.8 Å². The molecule has 1 aromatic heterocycles. The molecule has 4 N–H and O–H groups in total. The number of hydrogen-bond donors (Lipinski definition) is 4. The predicted octanol–water partition coefficient (Wildman–Crippen LogP) is 8.46. The first-order valence-corrected chi connectivity index (χ1v) is 18.2. The van der Waals surface area contributed by atoms with Crippen molar-refractivity contribution in [1.29, 1.82) is 0 Å². The molecule has 2 heterocycles. The highest BCUT2D eigenvalue weighted by atomic mass is 35.5. The maximum absolute atomic E-state index is 13.3. The van der Waals surface area contributed by atoms with Crippen molar-refractivity contribution >= 4 is 53.3 Å². The number of urea groups is 1. The molecule has 1 saturated heterocycles. The van der Waals surface area contributed by atoms with Crippen LogP contribution in [-0.2, 0) is 28.3 Å². The molecule has 1 aliphatic heterocycles. The van der Waals surface area contributed by atoms with Gasteiger partial charge >= 0.3 is 12.2 Å². The summed E-state index contributed by atoms with van der Waals surface area (Å²) < 4.78 is 39.8. The number of phenolic OH excluding ortho intramolecular Hbond substituents is 1. The van der Waals surface area contributed by atoms with Gasteiger partial charge in [-0.15, -0.1) is 23.7 Å². The van der Waals surface area contributed by atoms with Crippen LogP contribution in [0.25, 0.3) is 10.6 Å². The molecule has 3 aromatic carbocycles. The van der Waals surface area contributed by atoms with Crippen molar-refractivity contribution < 1.29 is 27.9 Å². The highest BCUT2D eigenvalue weighted by Gasteiger charge is 2.33. The number of amides is 3. The Hall–Kier alpha value is -4.50. The Morgan fingerprint density at radius 2 is 1.54 bits per heavy atom. The minimum absolute atomic E-state index is 0. The second-order valence-corrected chi connectivity index (χ2v) is 16.0. The summed E-state index contributed by atoms with van der Waals surface area (Å²) in [6, 6.07) is 14.9. The Morgan fingerprint density at radius 1 is 0.889 bits per heavy atom. The van der Waals surface area contributed by atoms with E-state index in [0.717, 1.165) is 46.5 Å². The fourth-order valence-electron chi connectivity index (χ4n) is 5.84. The van der Waals surface area contributed by atoms with E-state index in [4.69, 9.17) is 4.98 Å². The quantitative estimate of drug-likeness (QED) is 0.0999. The van der Waals surface area contributed by atoms with E-state index in [-0.39, 0.29) is 47.1 Å². The third-order valence-electron chi connectivity index (χ3n) is 8.85. The summed E-state index contributed by atoms with van der Waals surface area (Å²) in [5, 5.41) is 22.8. The van der Waals surface area contributed by atoms with Gasteiger partial charge in [-0.25, -0.2) is 15.2 Å². The molecule has 1 fully saturated rings.